The molecule has 2 atom stereocenters. The second-order valence-corrected chi connectivity index (χ2v) is 8.18. The van der Waals surface area contributed by atoms with E-state index in [4.69, 9.17) is 0 Å². The van der Waals surface area contributed by atoms with E-state index in [-0.39, 0.29) is 0 Å². The van der Waals surface area contributed by atoms with Crippen LogP contribution in [0.3, 0.4) is 0 Å². The molecule has 0 radical (unpaired) electrons. The zero-order valence-electron chi connectivity index (χ0n) is 19.6. The fraction of sp³-hybridized carbons (Fsp3) is 1.00. The van der Waals surface area contributed by atoms with E-state index < -0.39 is 91.1 Å². The van der Waals surface area contributed by atoms with Gasteiger partial charge in [-0.2, -0.15) is 119 Å². The van der Waals surface area contributed by atoms with Gasteiger partial charge in [-0.05, 0) is 0 Å². The van der Waals surface area contributed by atoms with E-state index in [1.54, 1.807) is 0 Å². The topological polar surface area (TPSA) is 40.2 Å². The molecule has 0 aromatic heterocycles. The lowest BCUT2D eigenvalue weighted by molar-refractivity contribution is -0.497. The second-order valence-electron chi connectivity index (χ2n) is 8.18. The first-order valence-corrected chi connectivity index (χ1v) is 9.81. The van der Waals surface area contributed by atoms with Crippen molar-refractivity contribution in [1.82, 2.24) is 0 Å². The molecule has 276 valence electrons. The largest absolute Gasteiger partial charge is 0.460 e. The SMILES string of the molecule is FC(F)(F)C(F)(F)C(F)(F)C(F)(F)OC1OC1C(OC(F)(F)C(F)(F)C(F)(F)C(F)(F)F)OC(F)(F)C(F)(F)C(F)(F)C(F)(F)F. The van der Waals surface area contributed by atoms with Crippen LogP contribution in [0.5, 0.6) is 0 Å². The zero-order chi connectivity index (χ0) is 37.6. The van der Waals surface area contributed by atoms with Crippen molar-refractivity contribution >= 4 is 0 Å². The van der Waals surface area contributed by atoms with Gasteiger partial charge in [0.1, 0.15) is 0 Å². The Hall–Kier alpha value is -2.05. The Morgan fingerprint density at radius 3 is 0.826 bits per heavy atom. The van der Waals surface area contributed by atoms with Gasteiger partial charge in [0.05, 0.1) is 0 Å². The summed E-state index contributed by atoms with van der Waals surface area (Å²) in [6, 6.07) is 0. The standard InChI is InChI=1S/C15H3F27O4/c16-4(17,10(28,29)30)7(22,23)13(37,38)44-2-1(43-2)3(45-14(39,40)8(24,25)5(18,19)11(31,32)33)46-15(41,42)9(26,27)6(20,21)12(34,35)36/h1-3H. The van der Waals surface area contributed by atoms with Crippen LogP contribution in [-0.4, -0.2) is 91.1 Å². The van der Waals surface area contributed by atoms with Crippen molar-refractivity contribution in [3.8, 4) is 0 Å². The van der Waals surface area contributed by atoms with E-state index in [0.29, 0.717) is 0 Å². The molecule has 0 aromatic carbocycles. The predicted molar refractivity (Wildman–Crippen MR) is 78.4 cm³/mol. The van der Waals surface area contributed by atoms with Gasteiger partial charge in [0.15, 0.2) is 12.4 Å². The maximum absolute atomic E-state index is 13.7. The summed E-state index contributed by atoms with van der Waals surface area (Å²) >= 11 is 0. The van der Waals surface area contributed by atoms with Crippen LogP contribution in [0, 0.1) is 0 Å². The van der Waals surface area contributed by atoms with Gasteiger partial charge in [-0.25, -0.2) is 0 Å². The molecule has 0 bridgehead atoms. The van der Waals surface area contributed by atoms with Crippen LogP contribution in [0.1, 0.15) is 0 Å². The third-order valence-electron chi connectivity index (χ3n) is 4.89. The Balaban J connectivity index is 3.67. The van der Waals surface area contributed by atoms with E-state index >= 15 is 0 Å². The average Bonchev–Trinajstić information content (AvgIpc) is 3.53. The third-order valence-corrected chi connectivity index (χ3v) is 4.89. The molecule has 1 fully saturated rings. The highest BCUT2D eigenvalue weighted by molar-refractivity contribution is 5.01. The molecule has 0 N–H and O–H groups in total. The smallest absolute Gasteiger partial charge is 0.336 e. The van der Waals surface area contributed by atoms with Gasteiger partial charge in [0.2, 0.25) is 6.29 Å². The van der Waals surface area contributed by atoms with E-state index in [1.165, 1.54) is 0 Å². The van der Waals surface area contributed by atoms with Crippen LogP contribution in [0.25, 0.3) is 0 Å². The summed E-state index contributed by atoms with van der Waals surface area (Å²) in [7, 11) is 0. The normalized spacial score (nSPS) is 20.9. The third kappa shape index (κ3) is 6.51. The summed E-state index contributed by atoms with van der Waals surface area (Å²) < 4.78 is 359. The molecule has 4 nitrogen and oxygen atoms in total. The van der Waals surface area contributed by atoms with Crippen molar-refractivity contribution in [3.63, 3.8) is 0 Å². The number of alkyl halides is 27. The van der Waals surface area contributed by atoms with Gasteiger partial charge in [0, 0.05) is 0 Å². The van der Waals surface area contributed by atoms with Gasteiger partial charge in [-0.1, -0.05) is 0 Å². The molecule has 0 aromatic rings. The lowest BCUT2D eigenvalue weighted by Gasteiger charge is -2.37. The van der Waals surface area contributed by atoms with E-state index in [2.05, 4.69) is 18.9 Å². The van der Waals surface area contributed by atoms with E-state index in [0.717, 1.165) is 0 Å². The van der Waals surface area contributed by atoms with Gasteiger partial charge >= 0.3 is 72.4 Å². The minimum Gasteiger partial charge on any atom is -0.336 e. The minimum absolute atomic E-state index is 2.10. The number of epoxide rings is 1. The summed E-state index contributed by atoms with van der Waals surface area (Å²) in [4.78, 5) is 0. The fourth-order valence-corrected chi connectivity index (χ4v) is 2.30. The molecule has 0 aliphatic carbocycles. The molecule has 31 heteroatoms. The highest BCUT2D eigenvalue weighted by atomic mass is 19.4. The average molecular weight is 760 g/mol. The van der Waals surface area contributed by atoms with Crippen molar-refractivity contribution in [2.24, 2.45) is 0 Å². The van der Waals surface area contributed by atoms with Crippen LogP contribution in [0.2, 0.25) is 0 Å². The molecule has 2 unspecified atom stereocenters. The highest BCUT2D eigenvalue weighted by Crippen LogP contribution is 2.58. The maximum Gasteiger partial charge on any atom is 0.460 e. The van der Waals surface area contributed by atoms with Gasteiger partial charge in [-0.3, -0.25) is 14.2 Å². The van der Waals surface area contributed by atoms with Crippen molar-refractivity contribution in [1.29, 1.82) is 0 Å². The first-order valence-electron chi connectivity index (χ1n) is 9.81. The Kier molecular flexibility index (Phi) is 10.0. The van der Waals surface area contributed by atoms with Crippen molar-refractivity contribution in [3.05, 3.63) is 0 Å². The van der Waals surface area contributed by atoms with Crippen molar-refractivity contribution in [2.75, 3.05) is 0 Å². The monoisotopic (exact) mass is 760 g/mol. The molecule has 1 saturated heterocycles. The first kappa shape index (κ1) is 42.0. The molecule has 0 saturated carbocycles. The lowest BCUT2D eigenvalue weighted by Crippen LogP contribution is -2.65. The second kappa shape index (κ2) is 11.0. The Bertz CT molecular complexity index is 1030. The summed E-state index contributed by atoms with van der Waals surface area (Å²) in [5, 5.41) is 0. The molecule has 1 rings (SSSR count). The maximum atomic E-state index is 13.7. The molecule has 1 heterocycles. The van der Waals surface area contributed by atoms with E-state index in [1.807, 2.05) is 0 Å². The fourth-order valence-electron chi connectivity index (χ4n) is 2.30. The highest BCUT2D eigenvalue weighted by Gasteiger charge is 2.87. The van der Waals surface area contributed by atoms with Gasteiger partial charge < -0.3 is 4.74 Å². The Morgan fingerprint density at radius 1 is 0.348 bits per heavy atom. The predicted octanol–water partition coefficient (Wildman–Crippen LogP) is 8.36. The molecular weight excluding hydrogens is 757 g/mol. The summed E-state index contributed by atoms with van der Waals surface area (Å²) in [6.45, 7) is 0. The molecule has 46 heavy (non-hydrogen) atoms. The van der Waals surface area contributed by atoms with Crippen LogP contribution < -0.4 is 0 Å². The summed E-state index contributed by atoms with van der Waals surface area (Å²) in [6.07, 6.45) is -60.9. The lowest BCUT2D eigenvalue weighted by atomic mass is 10.1. The molecular formula is C15H3F27O4. The van der Waals surface area contributed by atoms with E-state index in [9.17, 15) is 119 Å². The van der Waals surface area contributed by atoms with Crippen LogP contribution in [0.4, 0.5) is 119 Å². The minimum atomic E-state index is -8.26. The molecule has 0 amide bonds. The molecule has 1 aliphatic heterocycles. The Morgan fingerprint density at radius 2 is 0.587 bits per heavy atom. The quantitative estimate of drug-likeness (QED) is 0.108. The summed E-state index contributed by atoms with van der Waals surface area (Å²) in [5.41, 5.74) is 0. The van der Waals surface area contributed by atoms with Crippen molar-refractivity contribution in [2.45, 2.75) is 91.1 Å². The number of ether oxygens (including phenoxy) is 4. The number of hydrogen-bond acceptors (Lipinski definition) is 4. The van der Waals surface area contributed by atoms with Gasteiger partial charge in [0.25, 0.3) is 0 Å². The van der Waals surface area contributed by atoms with Crippen molar-refractivity contribution < 1.29 is 137 Å². The van der Waals surface area contributed by atoms with Crippen LogP contribution in [-0.2, 0) is 18.9 Å². The summed E-state index contributed by atoms with van der Waals surface area (Å²) in [5.74, 6) is -48.7. The number of halogens is 27. The Labute approximate surface area is 230 Å². The van der Waals surface area contributed by atoms with Gasteiger partial charge in [-0.15, -0.1) is 0 Å². The molecule has 1 aliphatic rings. The first-order chi connectivity index (χ1) is 19.5. The van der Waals surface area contributed by atoms with Crippen LogP contribution >= 0.6 is 0 Å². The van der Waals surface area contributed by atoms with Crippen LogP contribution in [0.15, 0.2) is 0 Å². The zero-order valence-corrected chi connectivity index (χ0v) is 19.6. The number of hydrogen-bond donors (Lipinski definition) is 0. The molecule has 0 spiro atoms. The number of rotatable bonds is 13.